The highest BCUT2D eigenvalue weighted by Crippen LogP contribution is 2.18. The van der Waals surface area contributed by atoms with Crippen molar-refractivity contribution in [1.29, 1.82) is 0 Å². The third-order valence-electron chi connectivity index (χ3n) is 3.18. The molecule has 22 heavy (non-hydrogen) atoms. The van der Waals surface area contributed by atoms with E-state index in [4.69, 9.17) is 9.47 Å². The minimum Gasteiger partial charge on any atom is -0.497 e. The smallest absolute Gasteiger partial charge is 0.258 e. The summed E-state index contributed by atoms with van der Waals surface area (Å²) < 4.78 is 11.5. The van der Waals surface area contributed by atoms with Crippen LogP contribution in [0.25, 0.3) is 0 Å². The molecule has 4 nitrogen and oxygen atoms in total. The molecule has 0 radical (unpaired) electrons. The van der Waals surface area contributed by atoms with E-state index in [1.807, 2.05) is 55.5 Å². The van der Waals surface area contributed by atoms with E-state index < -0.39 is 0 Å². The number of nitrogens with one attached hydrogen (secondary N) is 1. The van der Waals surface area contributed by atoms with Crippen LogP contribution in [0.1, 0.15) is 18.5 Å². The first kappa shape index (κ1) is 16.4. The summed E-state index contributed by atoms with van der Waals surface area (Å²) in [6.07, 6.45) is 0. The molecule has 1 unspecified atom stereocenters. The Morgan fingerprint density at radius 2 is 1.68 bits per heavy atom. The first-order valence-corrected chi connectivity index (χ1v) is 7.69. The molecule has 2 rings (SSSR count). The summed E-state index contributed by atoms with van der Waals surface area (Å²) in [5.41, 5.74) is 1.01. The first-order valence-electron chi connectivity index (χ1n) is 6.90. The van der Waals surface area contributed by atoms with Crippen molar-refractivity contribution >= 4 is 21.8 Å². The van der Waals surface area contributed by atoms with Crippen molar-refractivity contribution in [3.8, 4) is 11.5 Å². The van der Waals surface area contributed by atoms with E-state index in [0.29, 0.717) is 5.75 Å². The van der Waals surface area contributed by atoms with Crippen LogP contribution in [-0.4, -0.2) is 19.6 Å². The summed E-state index contributed by atoms with van der Waals surface area (Å²) in [6, 6.07) is 14.9. The second kappa shape index (κ2) is 7.84. The number of ether oxygens (including phenoxy) is 2. The van der Waals surface area contributed by atoms with E-state index in [9.17, 15) is 4.79 Å². The lowest BCUT2D eigenvalue weighted by atomic mass is 10.1. The SMILES string of the molecule is COc1ccc(C(C)NC(=O)COc2ccc(Br)cc2)cc1. The van der Waals surface area contributed by atoms with Gasteiger partial charge < -0.3 is 14.8 Å². The lowest BCUT2D eigenvalue weighted by Crippen LogP contribution is -2.31. The van der Waals surface area contributed by atoms with Crippen LogP contribution in [-0.2, 0) is 4.79 Å². The Morgan fingerprint density at radius 3 is 2.27 bits per heavy atom. The van der Waals surface area contributed by atoms with Crippen molar-refractivity contribution in [3.63, 3.8) is 0 Å². The van der Waals surface area contributed by atoms with Crippen LogP contribution in [0.4, 0.5) is 0 Å². The molecule has 0 aromatic heterocycles. The van der Waals surface area contributed by atoms with Crippen molar-refractivity contribution in [2.75, 3.05) is 13.7 Å². The lowest BCUT2D eigenvalue weighted by Gasteiger charge is -2.15. The molecule has 0 saturated heterocycles. The van der Waals surface area contributed by atoms with Gasteiger partial charge >= 0.3 is 0 Å². The predicted molar refractivity (Wildman–Crippen MR) is 89.2 cm³/mol. The van der Waals surface area contributed by atoms with Crippen molar-refractivity contribution in [1.82, 2.24) is 5.32 Å². The Bertz CT molecular complexity index is 611. The van der Waals surface area contributed by atoms with Gasteiger partial charge in [-0.3, -0.25) is 4.79 Å². The highest BCUT2D eigenvalue weighted by molar-refractivity contribution is 9.10. The zero-order valence-corrected chi connectivity index (χ0v) is 14.1. The van der Waals surface area contributed by atoms with Gasteiger partial charge in [-0.05, 0) is 48.9 Å². The summed E-state index contributed by atoms with van der Waals surface area (Å²) in [5.74, 6) is 1.29. The second-order valence-electron chi connectivity index (χ2n) is 4.80. The minimum absolute atomic E-state index is 0.0118. The minimum atomic E-state index is -0.161. The number of amides is 1. The van der Waals surface area contributed by atoms with E-state index in [2.05, 4.69) is 21.2 Å². The van der Waals surface area contributed by atoms with E-state index in [0.717, 1.165) is 15.8 Å². The number of hydrogen-bond acceptors (Lipinski definition) is 3. The zero-order chi connectivity index (χ0) is 15.9. The molecule has 0 aliphatic rings. The quantitative estimate of drug-likeness (QED) is 0.850. The zero-order valence-electron chi connectivity index (χ0n) is 12.5. The first-order chi connectivity index (χ1) is 10.6. The molecule has 0 saturated carbocycles. The van der Waals surface area contributed by atoms with Crippen LogP contribution in [0.2, 0.25) is 0 Å². The summed E-state index contributed by atoms with van der Waals surface area (Å²) in [7, 11) is 1.62. The average molecular weight is 364 g/mol. The molecule has 2 aromatic carbocycles. The van der Waals surface area contributed by atoms with Crippen LogP contribution < -0.4 is 14.8 Å². The van der Waals surface area contributed by atoms with Crippen molar-refractivity contribution in [2.45, 2.75) is 13.0 Å². The van der Waals surface area contributed by atoms with Gasteiger partial charge in [0.1, 0.15) is 11.5 Å². The highest BCUT2D eigenvalue weighted by atomic mass is 79.9. The maximum Gasteiger partial charge on any atom is 0.258 e. The number of hydrogen-bond donors (Lipinski definition) is 1. The molecule has 0 aliphatic carbocycles. The van der Waals surface area contributed by atoms with Gasteiger partial charge in [0.2, 0.25) is 0 Å². The predicted octanol–water partition coefficient (Wildman–Crippen LogP) is 3.71. The summed E-state index contributed by atoms with van der Waals surface area (Å²) >= 11 is 3.35. The summed E-state index contributed by atoms with van der Waals surface area (Å²) in [5, 5.41) is 2.90. The fourth-order valence-corrected chi connectivity index (χ4v) is 2.20. The Kier molecular flexibility index (Phi) is 5.83. The number of rotatable bonds is 6. The van der Waals surface area contributed by atoms with E-state index >= 15 is 0 Å². The standard InChI is InChI=1S/C17H18BrNO3/c1-12(13-3-7-15(21-2)8-4-13)19-17(20)11-22-16-9-5-14(18)6-10-16/h3-10,12H,11H2,1-2H3,(H,19,20). The number of benzene rings is 2. The fraction of sp³-hybridized carbons (Fsp3) is 0.235. The lowest BCUT2D eigenvalue weighted by molar-refractivity contribution is -0.123. The van der Waals surface area contributed by atoms with Gasteiger partial charge in [-0.25, -0.2) is 0 Å². The van der Waals surface area contributed by atoms with Crippen molar-refractivity contribution in [2.24, 2.45) is 0 Å². The summed E-state index contributed by atoms with van der Waals surface area (Å²) in [4.78, 5) is 11.9. The molecular weight excluding hydrogens is 346 g/mol. The van der Waals surface area contributed by atoms with Crippen LogP contribution in [0.15, 0.2) is 53.0 Å². The molecule has 2 aromatic rings. The van der Waals surface area contributed by atoms with Gasteiger partial charge in [-0.1, -0.05) is 28.1 Å². The van der Waals surface area contributed by atoms with Gasteiger partial charge in [0.15, 0.2) is 6.61 Å². The Labute approximate surface area is 138 Å². The molecule has 0 bridgehead atoms. The topological polar surface area (TPSA) is 47.6 Å². The third kappa shape index (κ3) is 4.77. The second-order valence-corrected chi connectivity index (χ2v) is 5.72. The number of carbonyl (C=O) groups is 1. The number of methoxy groups -OCH3 is 1. The maximum absolute atomic E-state index is 11.9. The van der Waals surface area contributed by atoms with Gasteiger partial charge in [-0.2, -0.15) is 0 Å². The fourth-order valence-electron chi connectivity index (χ4n) is 1.94. The molecule has 0 heterocycles. The van der Waals surface area contributed by atoms with Crippen molar-refractivity contribution in [3.05, 3.63) is 58.6 Å². The number of halogens is 1. The maximum atomic E-state index is 11.9. The molecule has 0 spiro atoms. The molecule has 1 amide bonds. The van der Waals surface area contributed by atoms with Gasteiger partial charge in [-0.15, -0.1) is 0 Å². The summed E-state index contributed by atoms with van der Waals surface area (Å²) in [6.45, 7) is 1.92. The molecule has 0 fully saturated rings. The molecule has 116 valence electrons. The van der Waals surface area contributed by atoms with Crippen LogP contribution in [0.3, 0.4) is 0 Å². The van der Waals surface area contributed by atoms with Crippen LogP contribution >= 0.6 is 15.9 Å². The third-order valence-corrected chi connectivity index (χ3v) is 3.71. The number of carbonyl (C=O) groups excluding carboxylic acids is 1. The largest absolute Gasteiger partial charge is 0.497 e. The normalized spacial score (nSPS) is 11.6. The monoisotopic (exact) mass is 363 g/mol. The Balaban J connectivity index is 1.83. The van der Waals surface area contributed by atoms with E-state index in [-0.39, 0.29) is 18.6 Å². The molecular formula is C17H18BrNO3. The molecule has 0 aliphatic heterocycles. The highest BCUT2D eigenvalue weighted by Gasteiger charge is 2.10. The van der Waals surface area contributed by atoms with Crippen LogP contribution in [0, 0.1) is 0 Å². The van der Waals surface area contributed by atoms with Crippen LogP contribution in [0.5, 0.6) is 11.5 Å². The molecule has 5 heteroatoms. The van der Waals surface area contributed by atoms with E-state index in [1.165, 1.54) is 0 Å². The average Bonchev–Trinajstić information content (AvgIpc) is 2.54. The molecule has 1 atom stereocenters. The van der Waals surface area contributed by atoms with Gasteiger partial charge in [0, 0.05) is 4.47 Å². The molecule has 1 N–H and O–H groups in total. The van der Waals surface area contributed by atoms with E-state index in [1.54, 1.807) is 7.11 Å². The van der Waals surface area contributed by atoms with Gasteiger partial charge in [0.25, 0.3) is 5.91 Å². The Hall–Kier alpha value is -2.01. The van der Waals surface area contributed by atoms with Gasteiger partial charge in [0.05, 0.1) is 13.2 Å². The van der Waals surface area contributed by atoms with Crippen molar-refractivity contribution < 1.29 is 14.3 Å². The Morgan fingerprint density at radius 1 is 1.09 bits per heavy atom.